The first-order chi connectivity index (χ1) is 9.95. The first-order valence-electron chi connectivity index (χ1n) is 7.18. The fourth-order valence-electron chi connectivity index (χ4n) is 2.52. The Labute approximate surface area is 126 Å². The second-order valence-corrected chi connectivity index (χ2v) is 5.56. The Kier molecular flexibility index (Phi) is 4.63. The summed E-state index contributed by atoms with van der Waals surface area (Å²) in [5.74, 6) is 0.0434. The number of nitrogens with one attached hydrogen (secondary N) is 1. The summed E-state index contributed by atoms with van der Waals surface area (Å²) < 4.78 is 0. The Morgan fingerprint density at radius 1 is 1.05 bits per heavy atom. The van der Waals surface area contributed by atoms with E-state index in [4.69, 9.17) is 5.73 Å². The quantitative estimate of drug-likeness (QED) is 0.839. The molecule has 0 unspecified atom stereocenters. The van der Waals surface area contributed by atoms with E-state index in [9.17, 15) is 4.79 Å². The fraction of sp³-hybridized carbons (Fsp3) is 0.278. The van der Waals surface area contributed by atoms with E-state index in [0.717, 1.165) is 34.5 Å². The summed E-state index contributed by atoms with van der Waals surface area (Å²) in [5.41, 5.74) is 11.9. The third-order valence-electron chi connectivity index (χ3n) is 3.56. The normalized spacial score (nSPS) is 10.4. The molecule has 2 rings (SSSR count). The third kappa shape index (κ3) is 4.09. The van der Waals surface area contributed by atoms with E-state index in [0.29, 0.717) is 6.42 Å². The number of nitrogen functional groups attached to an aromatic ring is 1. The lowest BCUT2D eigenvalue weighted by Crippen LogP contribution is -2.14. The molecule has 0 aliphatic rings. The van der Waals surface area contributed by atoms with Crippen molar-refractivity contribution in [3.05, 3.63) is 58.7 Å². The van der Waals surface area contributed by atoms with Crippen LogP contribution >= 0.6 is 0 Å². The zero-order chi connectivity index (χ0) is 15.4. The maximum atomic E-state index is 12.1. The number of hydrogen-bond acceptors (Lipinski definition) is 2. The van der Waals surface area contributed by atoms with Crippen LogP contribution in [-0.2, 0) is 11.2 Å². The highest BCUT2D eigenvalue weighted by atomic mass is 16.1. The van der Waals surface area contributed by atoms with Crippen LogP contribution in [0.5, 0.6) is 0 Å². The Morgan fingerprint density at radius 3 is 2.19 bits per heavy atom. The molecule has 1 amide bonds. The van der Waals surface area contributed by atoms with Gasteiger partial charge in [-0.15, -0.1) is 0 Å². The maximum absolute atomic E-state index is 12.1. The minimum Gasteiger partial charge on any atom is -0.399 e. The van der Waals surface area contributed by atoms with Crippen molar-refractivity contribution in [1.82, 2.24) is 0 Å². The van der Waals surface area contributed by atoms with Crippen LogP contribution in [0.2, 0.25) is 0 Å². The van der Waals surface area contributed by atoms with Gasteiger partial charge in [-0.1, -0.05) is 29.8 Å². The summed E-state index contributed by atoms with van der Waals surface area (Å²) in [6, 6.07) is 11.8. The SMILES string of the molecule is Cc1cc(C)c(NC(=O)CCc2ccc(N)cc2)c(C)c1. The van der Waals surface area contributed by atoms with Gasteiger partial charge in [-0.3, -0.25) is 4.79 Å². The Bertz CT molecular complexity index is 622. The summed E-state index contributed by atoms with van der Waals surface area (Å²) in [6.45, 7) is 6.11. The molecule has 0 atom stereocenters. The molecule has 0 aliphatic carbocycles. The fourth-order valence-corrected chi connectivity index (χ4v) is 2.52. The summed E-state index contributed by atoms with van der Waals surface area (Å²) in [4.78, 5) is 12.1. The van der Waals surface area contributed by atoms with Crippen molar-refractivity contribution in [3.8, 4) is 0 Å². The molecule has 3 heteroatoms. The highest BCUT2D eigenvalue weighted by Crippen LogP contribution is 2.22. The number of nitrogens with two attached hydrogens (primary N) is 1. The van der Waals surface area contributed by atoms with Gasteiger partial charge >= 0.3 is 0 Å². The number of benzene rings is 2. The van der Waals surface area contributed by atoms with Crippen LogP contribution in [0.25, 0.3) is 0 Å². The average Bonchev–Trinajstić information content (AvgIpc) is 2.42. The van der Waals surface area contributed by atoms with Gasteiger partial charge in [0.05, 0.1) is 0 Å². The first-order valence-corrected chi connectivity index (χ1v) is 7.18. The van der Waals surface area contributed by atoms with E-state index in [2.05, 4.69) is 24.4 Å². The van der Waals surface area contributed by atoms with Gasteiger partial charge < -0.3 is 11.1 Å². The molecule has 3 nitrogen and oxygen atoms in total. The third-order valence-corrected chi connectivity index (χ3v) is 3.56. The van der Waals surface area contributed by atoms with E-state index >= 15 is 0 Å². The number of rotatable bonds is 4. The second-order valence-electron chi connectivity index (χ2n) is 5.56. The lowest BCUT2D eigenvalue weighted by Gasteiger charge is -2.13. The molecule has 2 aromatic carbocycles. The number of aryl methyl sites for hydroxylation is 4. The number of carbonyl (C=O) groups excluding carboxylic acids is 1. The van der Waals surface area contributed by atoms with Gasteiger partial charge in [-0.2, -0.15) is 0 Å². The Balaban J connectivity index is 1.97. The molecule has 0 radical (unpaired) electrons. The predicted octanol–water partition coefficient (Wildman–Crippen LogP) is 3.77. The van der Waals surface area contributed by atoms with E-state index in [1.807, 2.05) is 38.1 Å². The van der Waals surface area contributed by atoms with Gasteiger partial charge in [0.15, 0.2) is 0 Å². The van der Waals surface area contributed by atoms with Crippen LogP contribution in [0, 0.1) is 20.8 Å². The second kappa shape index (κ2) is 6.44. The lowest BCUT2D eigenvalue weighted by molar-refractivity contribution is -0.116. The average molecular weight is 282 g/mol. The lowest BCUT2D eigenvalue weighted by atomic mass is 10.0. The number of carbonyl (C=O) groups is 1. The standard InChI is InChI=1S/C18H22N2O/c1-12-10-13(2)18(14(3)11-12)20-17(21)9-6-15-4-7-16(19)8-5-15/h4-5,7-8,10-11H,6,9,19H2,1-3H3,(H,20,21). The van der Waals surface area contributed by atoms with Crippen LogP contribution in [0.3, 0.4) is 0 Å². The summed E-state index contributed by atoms with van der Waals surface area (Å²) >= 11 is 0. The van der Waals surface area contributed by atoms with E-state index in [1.165, 1.54) is 5.56 Å². The van der Waals surface area contributed by atoms with Crippen molar-refractivity contribution in [2.45, 2.75) is 33.6 Å². The summed E-state index contributed by atoms with van der Waals surface area (Å²) in [5, 5.41) is 3.02. The van der Waals surface area contributed by atoms with Crippen molar-refractivity contribution >= 4 is 17.3 Å². The van der Waals surface area contributed by atoms with E-state index in [-0.39, 0.29) is 5.91 Å². The van der Waals surface area contributed by atoms with Crippen LogP contribution in [-0.4, -0.2) is 5.91 Å². The molecule has 110 valence electrons. The monoisotopic (exact) mass is 282 g/mol. The molecule has 0 bridgehead atoms. The van der Waals surface area contributed by atoms with Gasteiger partial charge in [0.2, 0.25) is 5.91 Å². The van der Waals surface area contributed by atoms with E-state index in [1.54, 1.807) is 0 Å². The predicted molar refractivity (Wildman–Crippen MR) is 88.5 cm³/mol. The number of hydrogen-bond donors (Lipinski definition) is 2. The minimum atomic E-state index is 0.0434. The van der Waals surface area contributed by atoms with Crippen LogP contribution in [0.15, 0.2) is 36.4 Å². The summed E-state index contributed by atoms with van der Waals surface area (Å²) in [6.07, 6.45) is 1.19. The van der Waals surface area contributed by atoms with Crippen molar-refractivity contribution in [2.75, 3.05) is 11.1 Å². The van der Waals surface area contributed by atoms with Crippen molar-refractivity contribution < 1.29 is 4.79 Å². The molecule has 0 aliphatic heterocycles. The Hall–Kier alpha value is -2.29. The van der Waals surface area contributed by atoms with Crippen molar-refractivity contribution in [1.29, 1.82) is 0 Å². The molecule has 2 aromatic rings. The first kappa shape index (κ1) is 15.1. The van der Waals surface area contributed by atoms with Gasteiger partial charge in [0, 0.05) is 17.8 Å². The molecule has 21 heavy (non-hydrogen) atoms. The molecule has 0 heterocycles. The molecular weight excluding hydrogens is 260 g/mol. The zero-order valence-electron chi connectivity index (χ0n) is 12.9. The zero-order valence-corrected chi connectivity index (χ0v) is 12.9. The number of anilines is 2. The maximum Gasteiger partial charge on any atom is 0.224 e. The van der Waals surface area contributed by atoms with Gasteiger partial charge in [0.1, 0.15) is 0 Å². The van der Waals surface area contributed by atoms with Crippen LogP contribution in [0.4, 0.5) is 11.4 Å². The van der Waals surface area contributed by atoms with Crippen LogP contribution < -0.4 is 11.1 Å². The molecule has 0 spiro atoms. The largest absolute Gasteiger partial charge is 0.399 e. The minimum absolute atomic E-state index is 0.0434. The molecular formula is C18H22N2O. The van der Waals surface area contributed by atoms with Gasteiger partial charge in [0.25, 0.3) is 0 Å². The molecule has 0 aromatic heterocycles. The highest BCUT2D eigenvalue weighted by molar-refractivity contribution is 5.92. The van der Waals surface area contributed by atoms with Gasteiger partial charge in [-0.25, -0.2) is 0 Å². The Morgan fingerprint density at radius 2 is 1.62 bits per heavy atom. The van der Waals surface area contributed by atoms with Crippen LogP contribution in [0.1, 0.15) is 28.7 Å². The topological polar surface area (TPSA) is 55.1 Å². The smallest absolute Gasteiger partial charge is 0.224 e. The van der Waals surface area contributed by atoms with E-state index < -0.39 is 0 Å². The molecule has 3 N–H and O–H groups in total. The van der Waals surface area contributed by atoms with Crippen molar-refractivity contribution in [3.63, 3.8) is 0 Å². The molecule has 0 saturated heterocycles. The molecule has 0 fully saturated rings. The highest BCUT2D eigenvalue weighted by Gasteiger charge is 2.08. The number of amides is 1. The van der Waals surface area contributed by atoms with Crippen molar-refractivity contribution in [2.24, 2.45) is 0 Å². The molecule has 0 saturated carbocycles. The summed E-state index contributed by atoms with van der Waals surface area (Å²) in [7, 11) is 0. The van der Waals surface area contributed by atoms with Gasteiger partial charge in [-0.05, 0) is 56.0 Å².